The second kappa shape index (κ2) is 8.42. The topological polar surface area (TPSA) is 85.9 Å². The van der Waals surface area contributed by atoms with Crippen molar-refractivity contribution in [1.82, 2.24) is 10.9 Å². The molecule has 2 rings (SSSR count). The zero-order valence-corrected chi connectivity index (χ0v) is 14.3. The van der Waals surface area contributed by atoms with Crippen molar-refractivity contribution in [2.24, 2.45) is 5.92 Å². The van der Waals surface area contributed by atoms with Crippen molar-refractivity contribution in [3.05, 3.63) is 17.7 Å². The lowest BCUT2D eigenvalue weighted by atomic mass is 9.89. The molecule has 0 unspecified atom stereocenters. The minimum Gasteiger partial charge on any atom is -0.493 e. The Kier molecular flexibility index (Phi) is 6.28. The van der Waals surface area contributed by atoms with E-state index in [1.54, 1.807) is 0 Å². The van der Waals surface area contributed by atoms with Gasteiger partial charge in [-0.1, -0.05) is 19.3 Å². The molecule has 1 fully saturated rings. The summed E-state index contributed by atoms with van der Waals surface area (Å²) in [6, 6.07) is 3.06. The van der Waals surface area contributed by atoms with Crippen molar-refractivity contribution in [2.45, 2.75) is 32.1 Å². The number of rotatable bonds is 5. The number of ether oxygens (including phenoxy) is 3. The number of nitrogens with one attached hydrogen (secondary N) is 2. The molecule has 1 aliphatic carbocycles. The van der Waals surface area contributed by atoms with E-state index in [9.17, 15) is 9.59 Å². The molecule has 0 aliphatic heterocycles. The predicted molar refractivity (Wildman–Crippen MR) is 88.3 cm³/mol. The second-order valence-corrected chi connectivity index (χ2v) is 5.69. The van der Waals surface area contributed by atoms with Crippen LogP contribution in [0.4, 0.5) is 0 Å². The van der Waals surface area contributed by atoms with Gasteiger partial charge in [0, 0.05) is 11.5 Å². The molecule has 1 aliphatic rings. The molecule has 2 amide bonds. The predicted octanol–water partition coefficient (Wildman–Crippen LogP) is 2.05. The Morgan fingerprint density at radius 2 is 1.50 bits per heavy atom. The van der Waals surface area contributed by atoms with Crippen LogP contribution >= 0.6 is 0 Å². The molecular formula is C17H24N2O5. The fourth-order valence-corrected chi connectivity index (χ4v) is 2.87. The van der Waals surface area contributed by atoms with Crippen molar-refractivity contribution in [3.8, 4) is 17.2 Å². The molecule has 0 atom stereocenters. The van der Waals surface area contributed by atoms with Gasteiger partial charge in [-0.25, -0.2) is 0 Å². The SMILES string of the molecule is COc1cc(C(=O)NNC(=O)C2CCCCC2)cc(OC)c1OC. The van der Waals surface area contributed by atoms with Gasteiger partial charge in [0.1, 0.15) is 0 Å². The summed E-state index contributed by atoms with van der Waals surface area (Å²) in [4.78, 5) is 24.4. The molecule has 7 heteroatoms. The van der Waals surface area contributed by atoms with Crippen molar-refractivity contribution >= 4 is 11.8 Å². The van der Waals surface area contributed by atoms with Crippen LogP contribution in [-0.4, -0.2) is 33.1 Å². The number of benzene rings is 1. The number of carbonyl (C=O) groups is 2. The Balaban J connectivity index is 2.05. The van der Waals surface area contributed by atoms with Gasteiger partial charge in [0.2, 0.25) is 11.7 Å². The quantitative estimate of drug-likeness (QED) is 0.804. The molecule has 0 aromatic heterocycles. The fourth-order valence-electron chi connectivity index (χ4n) is 2.87. The van der Waals surface area contributed by atoms with Crippen LogP contribution in [0.5, 0.6) is 17.2 Å². The van der Waals surface area contributed by atoms with Crippen molar-refractivity contribution in [1.29, 1.82) is 0 Å². The maximum absolute atomic E-state index is 12.3. The summed E-state index contributed by atoms with van der Waals surface area (Å²) >= 11 is 0. The van der Waals surface area contributed by atoms with Gasteiger partial charge in [0.05, 0.1) is 21.3 Å². The maximum atomic E-state index is 12.3. The molecule has 24 heavy (non-hydrogen) atoms. The highest BCUT2D eigenvalue weighted by Gasteiger charge is 2.22. The number of methoxy groups -OCH3 is 3. The van der Waals surface area contributed by atoms with Crippen LogP contribution in [0.25, 0.3) is 0 Å². The Hall–Kier alpha value is -2.44. The number of hydrogen-bond acceptors (Lipinski definition) is 5. The van der Waals surface area contributed by atoms with E-state index in [0.29, 0.717) is 22.8 Å². The van der Waals surface area contributed by atoms with E-state index in [4.69, 9.17) is 14.2 Å². The molecule has 1 saturated carbocycles. The van der Waals surface area contributed by atoms with Crippen molar-refractivity contribution in [3.63, 3.8) is 0 Å². The van der Waals surface area contributed by atoms with Crippen LogP contribution < -0.4 is 25.1 Å². The molecule has 2 N–H and O–H groups in total. The number of amides is 2. The first-order chi connectivity index (χ1) is 11.6. The average molecular weight is 336 g/mol. The molecule has 1 aromatic carbocycles. The zero-order chi connectivity index (χ0) is 17.5. The van der Waals surface area contributed by atoms with E-state index < -0.39 is 5.91 Å². The molecule has 7 nitrogen and oxygen atoms in total. The molecule has 0 bridgehead atoms. The third kappa shape index (κ3) is 4.10. The van der Waals surface area contributed by atoms with Gasteiger partial charge >= 0.3 is 0 Å². The van der Waals surface area contributed by atoms with E-state index >= 15 is 0 Å². The average Bonchev–Trinajstić information content (AvgIpc) is 2.65. The lowest BCUT2D eigenvalue weighted by Crippen LogP contribution is -2.44. The molecular weight excluding hydrogens is 312 g/mol. The van der Waals surface area contributed by atoms with Gasteiger partial charge in [-0.05, 0) is 25.0 Å². The Morgan fingerprint density at radius 1 is 0.917 bits per heavy atom. The maximum Gasteiger partial charge on any atom is 0.269 e. The Labute approximate surface area is 141 Å². The summed E-state index contributed by atoms with van der Waals surface area (Å²) in [5, 5.41) is 0. The summed E-state index contributed by atoms with van der Waals surface area (Å²) in [7, 11) is 4.44. The fraction of sp³-hybridized carbons (Fsp3) is 0.529. The lowest BCUT2D eigenvalue weighted by Gasteiger charge is -2.21. The summed E-state index contributed by atoms with van der Waals surface area (Å²) in [6.07, 6.45) is 5.01. The highest BCUT2D eigenvalue weighted by Crippen LogP contribution is 2.38. The summed E-state index contributed by atoms with van der Waals surface area (Å²) < 4.78 is 15.7. The molecule has 0 saturated heterocycles. The van der Waals surface area contributed by atoms with Crippen LogP contribution in [0.15, 0.2) is 12.1 Å². The van der Waals surface area contributed by atoms with Crippen molar-refractivity contribution in [2.75, 3.05) is 21.3 Å². The number of carbonyl (C=O) groups excluding carboxylic acids is 2. The van der Waals surface area contributed by atoms with Crippen LogP contribution in [0.1, 0.15) is 42.5 Å². The van der Waals surface area contributed by atoms with Gasteiger partial charge < -0.3 is 14.2 Å². The summed E-state index contributed by atoms with van der Waals surface area (Å²) in [5.74, 6) is 0.539. The van der Waals surface area contributed by atoms with Gasteiger partial charge in [0.25, 0.3) is 5.91 Å². The minimum absolute atomic E-state index is 0.0287. The highest BCUT2D eigenvalue weighted by atomic mass is 16.5. The number of hydrazine groups is 1. The summed E-state index contributed by atoms with van der Waals surface area (Å²) in [6.45, 7) is 0. The van der Waals surface area contributed by atoms with E-state index in [2.05, 4.69) is 10.9 Å². The first kappa shape index (κ1) is 17.9. The smallest absolute Gasteiger partial charge is 0.269 e. The van der Waals surface area contributed by atoms with E-state index in [0.717, 1.165) is 25.7 Å². The molecule has 0 spiro atoms. The first-order valence-corrected chi connectivity index (χ1v) is 8.01. The standard InChI is InChI=1S/C17H24N2O5/c1-22-13-9-12(10-14(23-2)15(13)24-3)17(21)19-18-16(20)11-7-5-4-6-8-11/h9-11H,4-8H2,1-3H3,(H,18,20)(H,19,21). The van der Waals surface area contributed by atoms with E-state index in [1.807, 2.05) is 0 Å². The largest absolute Gasteiger partial charge is 0.493 e. The molecule has 1 aromatic rings. The van der Waals surface area contributed by atoms with Gasteiger partial charge in [0.15, 0.2) is 11.5 Å². The normalized spacial score (nSPS) is 14.6. The van der Waals surface area contributed by atoms with Crippen LogP contribution in [0.2, 0.25) is 0 Å². The number of hydrogen-bond donors (Lipinski definition) is 2. The third-order valence-corrected chi connectivity index (χ3v) is 4.20. The lowest BCUT2D eigenvalue weighted by molar-refractivity contribution is -0.126. The van der Waals surface area contributed by atoms with Crippen LogP contribution in [0.3, 0.4) is 0 Å². The van der Waals surface area contributed by atoms with Gasteiger partial charge in [-0.3, -0.25) is 20.4 Å². The van der Waals surface area contributed by atoms with Crippen LogP contribution in [0, 0.1) is 5.92 Å². The van der Waals surface area contributed by atoms with Crippen LogP contribution in [-0.2, 0) is 4.79 Å². The molecule has 0 heterocycles. The zero-order valence-electron chi connectivity index (χ0n) is 14.3. The molecule has 132 valence electrons. The second-order valence-electron chi connectivity index (χ2n) is 5.69. The van der Waals surface area contributed by atoms with Gasteiger partial charge in [-0.2, -0.15) is 0 Å². The third-order valence-electron chi connectivity index (χ3n) is 4.20. The van der Waals surface area contributed by atoms with Crippen molar-refractivity contribution < 1.29 is 23.8 Å². The van der Waals surface area contributed by atoms with E-state index in [-0.39, 0.29) is 11.8 Å². The summed E-state index contributed by atoms with van der Waals surface area (Å²) in [5.41, 5.74) is 5.25. The Morgan fingerprint density at radius 3 is 2.00 bits per heavy atom. The molecule has 0 radical (unpaired) electrons. The minimum atomic E-state index is -0.446. The van der Waals surface area contributed by atoms with Gasteiger partial charge in [-0.15, -0.1) is 0 Å². The monoisotopic (exact) mass is 336 g/mol. The van der Waals surface area contributed by atoms with E-state index in [1.165, 1.54) is 39.9 Å². The Bertz CT molecular complexity index is 572. The highest BCUT2D eigenvalue weighted by molar-refractivity contribution is 5.96. The first-order valence-electron chi connectivity index (χ1n) is 8.01.